The number of nitrogens with zero attached hydrogens (tertiary/aromatic N) is 2. The smallest absolute Gasteiger partial charge is 0.252 e. The van der Waals surface area contributed by atoms with E-state index in [9.17, 15) is 22.4 Å². The second kappa shape index (κ2) is 9.59. The molecule has 3 aromatic carbocycles. The minimum atomic E-state index is -4.19. The van der Waals surface area contributed by atoms with E-state index in [1.807, 2.05) is 51.1 Å². The highest BCUT2D eigenvalue weighted by atomic mass is 32.2. The lowest BCUT2D eigenvalue weighted by Crippen LogP contribution is -2.45. The molecular weight excluding hydrogens is 479 g/mol. The van der Waals surface area contributed by atoms with Gasteiger partial charge in [-0.15, -0.1) is 0 Å². The number of sulfonamides is 1. The van der Waals surface area contributed by atoms with E-state index in [4.69, 9.17) is 0 Å². The van der Waals surface area contributed by atoms with E-state index >= 15 is 0 Å². The van der Waals surface area contributed by atoms with Crippen LogP contribution < -0.4 is 4.90 Å². The quantitative estimate of drug-likeness (QED) is 0.445. The Labute approximate surface area is 211 Å². The van der Waals surface area contributed by atoms with E-state index in [1.165, 1.54) is 12.1 Å². The lowest BCUT2D eigenvalue weighted by atomic mass is 10.0. The fraction of sp³-hybridized carbons (Fsp3) is 0.286. The molecule has 0 aromatic heterocycles. The molecule has 0 saturated carbocycles. The number of carbonyl (C=O) groups is 2. The third-order valence-electron chi connectivity index (χ3n) is 6.88. The summed E-state index contributed by atoms with van der Waals surface area (Å²) in [6, 6.07) is 13.1. The molecule has 2 amide bonds. The van der Waals surface area contributed by atoms with E-state index in [-0.39, 0.29) is 23.5 Å². The summed E-state index contributed by atoms with van der Waals surface area (Å²) in [6.45, 7) is 9.07. The number of hydrogen-bond acceptors (Lipinski definition) is 4. The number of carbonyl (C=O) groups excluding carboxylic acids is 2. The zero-order valence-electron chi connectivity index (χ0n) is 21.0. The molecule has 0 spiro atoms. The molecule has 36 heavy (non-hydrogen) atoms. The highest BCUT2D eigenvalue weighted by Gasteiger charge is 2.47. The van der Waals surface area contributed by atoms with Gasteiger partial charge in [-0.3, -0.25) is 9.59 Å². The summed E-state index contributed by atoms with van der Waals surface area (Å²) < 4.78 is 43.1. The van der Waals surface area contributed by atoms with Crippen LogP contribution in [-0.4, -0.2) is 30.6 Å². The average molecular weight is 509 g/mol. The van der Waals surface area contributed by atoms with Gasteiger partial charge in [-0.1, -0.05) is 35.9 Å². The lowest BCUT2D eigenvalue weighted by Gasteiger charge is -2.29. The molecule has 0 N–H and O–H groups in total. The zero-order valence-corrected chi connectivity index (χ0v) is 21.8. The summed E-state index contributed by atoms with van der Waals surface area (Å²) in [7, 11) is -4.19. The maximum atomic E-state index is 14.3. The van der Waals surface area contributed by atoms with Crippen LogP contribution >= 0.6 is 0 Å². The summed E-state index contributed by atoms with van der Waals surface area (Å²) in [4.78, 5) is 27.7. The van der Waals surface area contributed by atoms with Gasteiger partial charge in [0.05, 0.1) is 17.0 Å². The summed E-state index contributed by atoms with van der Waals surface area (Å²) in [5, 5.41) is 0. The summed E-state index contributed by atoms with van der Waals surface area (Å²) in [5.74, 6) is -1.68. The minimum absolute atomic E-state index is 0.0740. The van der Waals surface area contributed by atoms with Gasteiger partial charge in [-0.25, -0.2) is 17.7 Å². The van der Waals surface area contributed by atoms with Crippen LogP contribution in [0.25, 0.3) is 0 Å². The third-order valence-corrected chi connectivity index (χ3v) is 9.01. The second-order valence-electron chi connectivity index (χ2n) is 9.39. The third kappa shape index (κ3) is 4.58. The van der Waals surface area contributed by atoms with Crippen molar-refractivity contribution in [1.82, 2.24) is 4.31 Å². The van der Waals surface area contributed by atoms with Gasteiger partial charge in [-0.05, 0) is 86.7 Å². The second-order valence-corrected chi connectivity index (χ2v) is 11.2. The number of halogens is 1. The van der Waals surface area contributed by atoms with E-state index in [1.54, 1.807) is 13.8 Å². The number of aryl methyl sites for hydroxylation is 3. The van der Waals surface area contributed by atoms with Gasteiger partial charge in [0.15, 0.2) is 0 Å². The van der Waals surface area contributed by atoms with Crippen LogP contribution in [0.2, 0.25) is 0 Å². The average Bonchev–Trinajstić information content (AvgIpc) is 3.11. The molecule has 0 bridgehead atoms. The molecule has 188 valence electrons. The van der Waals surface area contributed by atoms with Crippen LogP contribution in [0.15, 0.2) is 59.5 Å². The monoisotopic (exact) mass is 508 g/mol. The molecule has 1 saturated heterocycles. The Morgan fingerprint density at radius 1 is 0.889 bits per heavy atom. The van der Waals surface area contributed by atoms with Crippen molar-refractivity contribution in [2.24, 2.45) is 0 Å². The Bertz CT molecular complexity index is 1420. The van der Waals surface area contributed by atoms with Gasteiger partial charge in [0.2, 0.25) is 15.9 Å². The van der Waals surface area contributed by atoms with Crippen molar-refractivity contribution < 1.29 is 22.4 Å². The first-order valence-electron chi connectivity index (χ1n) is 11.7. The summed E-state index contributed by atoms with van der Waals surface area (Å²) in [5.41, 5.74) is 4.80. The standard InChI is InChI=1S/C28H29FN2O4S/c1-17-6-8-22(9-7-17)16-30(36(34,35)27-20(4)18(2)14-19(3)21(27)5)25-15-26(32)31(28(25)33)24-12-10-23(29)11-13-24/h6-14,25H,15-16H2,1-5H3. The zero-order chi connectivity index (χ0) is 26.4. The summed E-state index contributed by atoms with van der Waals surface area (Å²) in [6.07, 6.45) is -0.301. The van der Waals surface area contributed by atoms with Crippen LogP contribution in [0, 0.1) is 40.4 Å². The van der Waals surface area contributed by atoms with Crippen LogP contribution in [0.4, 0.5) is 10.1 Å². The van der Waals surface area contributed by atoms with Crippen LogP contribution in [0.1, 0.15) is 39.8 Å². The molecule has 6 nitrogen and oxygen atoms in total. The van der Waals surface area contributed by atoms with Gasteiger partial charge < -0.3 is 0 Å². The Morgan fingerprint density at radius 3 is 2.00 bits per heavy atom. The molecule has 1 atom stereocenters. The number of anilines is 1. The number of benzene rings is 3. The first kappa shape index (κ1) is 25.7. The topological polar surface area (TPSA) is 74.8 Å². The molecule has 1 aliphatic rings. The molecule has 3 aromatic rings. The van der Waals surface area contributed by atoms with Gasteiger partial charge in [0, 0.05) is 6.54 Å². The molecular formula is C28H29FN2O4S. The molecule has 0 aliphatic carbocycles. The van der Waals surface area contributed by atoms with Crippen molar-refractivity contribution in [2.75, 3.05) is 4.90 Å². The maximum Gasteiger partial charge on any atom is 0.252 e. The molecule has 4 rings (SSSR count). The van der Waals surface area contributed by atoms with Crippen molar-refractivity contribution in [3.8, 4) is 0 Å². The normalized spacial score (nSPS) is 16.3. The molecule has 1 fully saturated rings. The predicted octanol–water partition coefficient (Wildman–Crippen LogP) is 4.89. The van der Waals surface area contributed by atoms with Crippen molar-refractivity contribution in [1.29, 1.82) is 0 Å². The van der Waals surface area contributed by atoms with E-state index in [0.717, 1.165) is 38.0 Å². The number of imide groups is 1. The van der Waals surface area contributed by atoms with Crippen LogP contribution in [0.3, 0.4) is 0 Å². The fourth-order valence-electron chi connectivity index (χ4n) is 4.62. The molecule has 0 radical (unpaired) electrons. The molecule has 1 aliphatic heterocycles. The van der Waals surface area contributed by atoms with Gasteiger partial charge in [0.25, 0.3) is 5.91 Å². The number of rotatable bonds is 6. The van der Waals surface area contributed by atoms with Crippen molar-refractivity contribution in [2.45, 2.75) is 58.5 Å². The molecule has 1 heterocycles. The first-order chi connectivity index (χ1) is 16.9. The van der Waals surface area contributed by atoms with E-state index in [2.05, 4.69) is 0 Å². The van der Waals surface area contributed by atoms with Crippen LogP contribution in [0.5, 0.6) is 0 Å². The molecule has 1 unspecified atom stereocenters. The summed E-state index contributed by atoms with van der Waals surface area (Å²) >= 11 is 0. The van der Waals surface area contributed by atoms with Crippen molar-refractivity contribution >= 4 is 27.5 Å². The SMILES string of the molecule is Cc1ccc(CN(C2CC(=O)N(c3ccc(F)cc3)C2=O)S(=O)(=O)c2c(C)c(C)cc(C)c2C)cc1. The molecule has 8 heteroatoms. The van der Waals surface area contributed by atoms with E-state index in [0.29, 0.717) is 16.7 Å². The van der Waals surface area contributed by atoms with E-state index < -0.39 is 33.7 Å². The predicted molar refractivity (Wildman–Crippen MR) is 137 cm³/mol. The van der Waals surface area contributed by atoms with Gasteiger partial charge in [0.1, 0.15) is 11.9 Å². The number of amides is 2. The minimum Gasteiger partial charge on any atom is -0.274 e. The lowest BCUT2D eigenvalue weighted by molar-refractivity contribution is -0.122. The highest BCUT2D eigenvalue weighted by Crippen LogP contribution is 2.34. The Kier molecular flexibility index (Phi) is 6.86. The Morgan fingerprint density at radius 2 is 1.44 bits per heavy atom. The van der Waals surface area contributed by atoms with Crippen molar-refractivity contribution in [3.63, 3.8) is 0 Å². The van der Waals surface area contributed by atoms with Gasteiger partial charge in [-0.2, -0.15) is 4.31 Å². The highest BCUT2D eigenvalue weighted by molar-refractivity contribution is 7.89. The number of hydrogen-bond donors (Lipinski definition) is 0. The Hall–Kier alpha value is -3.36. The van der Waals surface area contributed by atoms with Gasteiger partial charge >= 0.3 is 0 Å². The maximum absolute atomic E-state index is 14.3. The fourth-order valence-corrected chi connectivity index (χ4v) is 6.77. The van der Waals surface area contributed by atoms with Crippen LogP contribution in [-0.2, 0) is 26.2 Å². The largest absolute Gasteiger partial charge is 0.274 e. The van der Waals surface area contributed by atoms with Crippen molar-refractivity contribution in [3.05, 3.63) is 93.8 Å². The Balaban J connectivity index is 1.84. The first-order valence-corrected chi connectivity index (χ1v) is 13.1.